The summed E-state index contributed by atoms with van der Waals surface area (Å²) in [5, 5.41) is 9.21. The average molecular weight is 248 g/mol. The van der Waals surface area contributed by atoms with E-state index in [4.69, 9.17) is 0 Å². The minimum absolute atomic E-state index is 0.147. The highest BCUT2D eigenvalue weighted by molar-refractivity contribution is 7.99. The van der Waals surface area contributed by atoms with E-state index in [0.29, 0.717) is 10.5 Å². The Balaban J connectivity index is 2.39. The van der Waals surface area contributed by atoms with E-state index < -0.39 is 0 Å². The van der Waals surface area contributed by atoms with Gasteiger partial charge < -0.3 is 5.11 Å². The van der Waals surface area contributed by atoms with Crippen molar-refractivity contribution in [3.8, 4) is 0 Å². The summed E-state index contributed by atoms with van der Waals surface area (Å²) < 4.78 is 13.7. The number of aryl methyl sites for hydroxylation is 1. The number of halogens is 1. The predicted molar refractivity (Wildman–Crippen MR) is 67.6 cm³/mol. The molecule has 2 rings (SSSR count). The summed E-state index contributed by atoms with van der Waals surface area (Å²) >= 11 is 1.36. The topological polar surface area (TPSA) is 20.2 Å². The van der Waals surface area contributed by atoms with Crippen molar-refractivity contribution in [2.45, 2.75) is 23.3 Å². The van der Waals surface area contributed by atoms with Crippen LogP contribution in [0.5, 0.6) is 0 Å². The predicted octanol–water partition coefficient (Wildman–Crippen LogP) is 3.78. The lowest BCUT2D eigenvalue weighted by atomic mass is 10.2. The second kappa shape index (κ2) is 5.34. The third-order valence-corrected chi connectivity index (χ3v) is 3.86. The van der Waals surface area contributed by atoms with Gasteiger partial charge in [0.25, 0.3) is 0 Å². The van der Waals surface area contributed by atoms with Gasteiger partial charge in [-0.15, -0.1) is 0 Å². The third-order valence-electron chi connectivity index (χ3n) is 2.52. The fourth-order valence-corrected chi connectivity index (χ4v) is 2.60. The van der Waals surface area contributed by atoms with Crippen LogP contribution in [0.2, 0.25) is 0 Å². The molecule has 0 atom stereocenters. The molecule has 1 nitrogen and oxygen atoms in total. The number of hydrogen-bond donors (Lipinski definition) is 1. The van der Waals surface area contributed by atoms with Crippen molar-refractivity contribution < 1.29 is 9.50 Å². The first-order valence-corrected chi connectivity index (χ1v) is 6.15. The lowest BCUT2D eigenvalue weighted by molar-refractivity contribution is 0.277. The van der Waals surface area contributed by atoms with E-state index in [0.717, 1.165) is 10.5 Å². The van der Waals surface area contributed by atoms with Gasteiger partial charge in [-0.2, -0.15) is 0 Å². The fourth-order valence-electron chi connectivity index (χ4n) is 1.57. The minimum Gasteiger partial charge on any atom is -0.392 e. The molecule has 0 heterocycles. The van der Waals surface area contributed by atoms with Gasteiger partial charge in [0.2, 0.25) is 0 Å². The Morgan fingerprint density at radius 2 is 1.88 bits per heavy atom. The van der Waals surface area contributed by atoms with Crippen molar-refractivity contribution in [2.75, 3.05) is 0 Å². The van der Waals surface area contributed by atoms with Gasteiger partial charge in [0.1, 0.15) is 5.82 Å². The highest BCUT2D eigenvalue weighted by Gasteiger charge is 2.10. The molecule has 0 saturated heterocycles. The van der Waals surface area contributed by atoms with E-state index >= 15 is 0 Å². The van der Waals surface area contributed by atoms with Crippen LogP contribution in [-0.4, -0.2) is 5.11 Å². The van der Waals surface area contributed by atoms with Gasteiger partial charge >= 0.3 is 0 Å². The summed E-state index contributed by atoms with van der Waals surface area (Å²) in [5.74, 6) is -0.287. The second-order valence-corrected chi connectivity index (χ2v) is 4.81. The molecular weight excluding hydrogens is 235 g/mol. The molecule has 3 heteroatoms. The first-order valence-electron chi connectivity index (χ1n) is 5.34. The van der Waals surface area contributed by atoms with E-state index in [9.17, 15) is 9.50 Å². The van der Waals surface area contributed by atoms with E-state index in [2.05, 4.69) is 0 Å². The van der Waals surface area contributed by atoms with Gasteiger partial charge in [0.05, 0.1) is 11.5 Å². The van der Waals surface area contributed by atoms with Gasteiger partial charge in [-0.05, 0) is 30.2 Å². The Labute approximate surface area is 104 Å². The van der Waals surface area contributed by atoms with Gasteiger partial charge in [-0.25, -0.2) is 4.39 Å². The molecule has 0 amide bonds. The number of benzene rings is 2. The zero-order valence-corrected chi connectivity index (χ0v) is 10.3. The monoisotopic (exact) mass is 248 g/mol. The number of aliphatic hydroxyl groups excluding tert-OH is 1. The van der Waals surface area contributed by atoms with Crippen LogP contribution in [0.1, 0.15) is 11.1 Å². The molecule has 0 radical (unpaired) electrons. The third kappa shape index (κ3) is 2.68. The van der Waals surface area contributed by atoms with Crippen molar-refractivity contribution in [3.63, 3.8) is 0 Å². The van der Waals surface area contributed by atoms with Crippen LogP contribution in [0.3, 0.4) is 0 Å². The Morgan fingerprint density at radius 3 is 2.59 bits per heavy atom. The molecular formula is C14H13FOS. The van der Waals surface area contributed by atoms with Gasteiger partial charge in [0.15, 0.2) is 0 Å². The molecule has 0 unspecified atom stereocenters. The Hall–Kier alpha value is -1.32. The molecule has 0 saturated carbocycles. The van der Waals surface area contributed by atoms with Crippen LogP contribution < -0.4 is 0 Å². The molecule has 0 spiro atoms. The van der Waals surface area contributed by atoms with Gasteiger partial charge in [-0.3, -0.25) is 0 Å². The van der Waals surface area contributed by atoms with Gasteiger partial charge in [-0.1, -0.05) is 42.1 Å². The minimum atomic E-state index is -0.287. The van der Waals surface area contributed by atoms with Crippen LogP contribution in [-0.2, 0) is 6.61 Å². The maximum atomic E-state index is 13.7. The first kappa shape index (κ1) is 12.1. The van der Waals surface area contributed by atoms with Crippen LogP contribution in [0, 0.1) is 12.7 Å². The smallest absolute Gasteiger partial charge is 0.137 e. The summed E-state index contributed by atoms with van der Waals surface area (Å²) in [6, 6.07) is 12.6. The summed E-state index contributed by atoms with van der Waals surface area (Å²) in [5.41, 5.74) is 1.72. The fraction of sp³-hybridized carbons (Fsp3) is 0.143. The largest absolute Gasteiger partial charge is 0.392 e. The zero-order valence-electron chi connectivity index (χ0n) is 9.48. The summed E-state index contributed by atoms with van der Waals surface area (Å²) in [6.07, 6.45) is 0. The van der Waals surface area contributed by atoms with Crippen LogP contribution in [0.4, 0.5) is 4.39 Å². The maximum Gasteiger partial charge on any atom is 0.137 e. The van der Waals surface area contributed by atoms with Crippen molar-refractivity contribution >= 4 is 11.8 Å². The molecule has 0 fully saturated rings. The molecule has 88 valence electrons. The molecule has 1 N–H and O–H groups in total. The van der Waals surface area contributed by atoms with E-state index in [1.807, 2.05) is 31.2 Å². The van der Waals surface area contributed by atoms with Crippen molar-refractivity contribution in [2.24, 2.45) is 0 Å². The molecule has 0 bridgehead atoms. The second-order valence-electron chi connectivity index (χ2n) is 3.75. The Bertz CT molecular complexity index is 525. The van der Waals surface area contributed by atoms with Gasteiger partial charge in [0, 0.05) is 4.90 Å². The van der Waals surface area contributed by atoms with E-state index in [1.165, 1.54) is 17.8 Å². The molecule has 0 aliphatic rings. The van der Waals surface area contributed by atoms with Crippen molar-refractivity contribution in [1.82, 2.24) is 0 Å². The quantitative estimate of drug-likeness (QED) is 0.892. The van der Waals surface area contributed by atoms with Crippen molar-refractivity contribution in [3.05, 3.63) is 59.4 Å². The number of rotatable bonds is 3. The Morgan fingerprint density at radius 1 is 1.12 bits per heavy atom. The van der Waals surface area contributed by atoms with E-state index in [-0.39, 0.29) is 12.4 Å². The van der Waals surface area contributed by atoms with E-state index in [1.54, 1.807) is 12.1 Å². The molecule has 17 heavy (non-hydrogen) atoms. The molecule has 0 aliphatic heterocycles. The van der Waals surface area contributed by atoms with Crippen LogP contribution >= 0.6 is 11.8 Å². The average Bonchev–Trinajstić information content (AvgIpc) is 2.34. The maximum absolute atomic E-state index is 13.7. The SMILES string of the molecule is Cc1ccccc1Sc1c(F)cccc1CO. The lowest BCUT2D eigenvalue weighted by Gasteiger charge is -2.09. The molecule has 0 aliphatic carbocycles. The van der Waals surface area contributed by atoms with Crippen LogP contribution in [0.15, 0.2) is 52.3 Å². The molecule has 2 aromatic rings. The molecule has 0 aromatic heterocycles. The number of aliphatic hydroxyl groups is 1. The molecule has 2 aromatic carbocycles. The lowest BCUT2D eigenvalue weighted by Crippen LogP contribution is -1.91. The first-order chi connectivity index (χ1) is 8.22. The zero-order chi connectivity index (χ0) is 12.3. The summed E-state index contributed by atoms with van der Waals surface area (Å²) in [4.78, 5) is 1.51. The van der Waals surface area contributed by atoms with Crippen LogP contribution in [0.25, 0.3) is 0 Å². The highest BCUT2D eigenvalue weighted by atomic mass is 32.2. The normalized spacial score (nSPS) is 10.5. The Kier molecular flexibility index (Phi) is 3.82. The highest BCUT2D eigenvalue weighted by Crippen LogP contribution is 2.34. The number of hydrogen-bond acceptors (Lipinski definition) is 2. The summed E-state index contributed by atoms with van der Waals surface area (Å²) in [6.45, 7) is 1.84. The standard InChI is InChI=1S/C14H13FOS/c1-10-5-2-3-8-13(10)17-14-11(9-16)6-4-7-12(14)15/h2-8,16H,9H2,1H3. The summed E-state index contributed by atoms with van der Waals surface area (Å²) in [7, 11) is 0. The van der Waals surface area contributed by atoms with Crippen molar-refractivity contribution in [1.29, 1.82) is 0 Å².